The van der Waals surface area contributed by atoms with E-state index in [9.17, 15) is 4.39 Å². The molecule has 0 amide bonds. The van der Waals surface area contributed by atoms with Crippen molar-refractivity contribution in [3.05, 3.63) is 53.8 Å². The average Bonchev–Trinajstić information content (AvgIpc) is 3.04. The van der Waals surface area contributed by atoms with Crippen molar-refractivity contribution in [1.82, 2.24) is 5.32 Å². The molecule has 1 aliphatic heterocycles. The fourth-order valence-electron chi connectivity index (χ4n) is 2.18. The molecule has 7 heteroatoms. The number of fused-ring (bicyclic) bond motifs is 1. The van der Waals surface area contributed by atoms with Gasteiger partial charge in [0.05, 0.1) is 0 Å². The zero-order valence-electron chi connectivity index (χ0n) is 12.9. The van der Waals surface area contributed by atoms with Crippen LogP contribution in [0, 0.1) is 5.82 Å². The second-order valence-corrected chi connectivity index (χ2v) is 6.61. The van der Waals surface area contributed by atoms with Crippen molar-refractivity contribution >= 4 is 34.8 Å². The Kier molecular flexibility index (Phi) is 5.77. The molecular formula is C17H17FN2O2S2. The Morgan fingerprint density at radius 3 is 2.88 bits per heavy atom. The number of anilines is 1. The lowest BCUT2D eigenvalue weighted by Crippen LogP contribution is -2.30. The van der Waals surface area contributed by atoms with Crippen LogP contribution >= 0.6 is 24.0 Å². The first-order valence-electron chi connectivity index (χ1n) is 7.48. The summed E-state index contributed by atoms with van der Waals surface area (Å²) in [6, 6.07) is 12.4. The highest BCUT2D eigenvalue weighted by atomic mass is 32.2. The molecule has 0 aromatic heterocycles. The van der Waals surface area contributed by atoms with Gasteiger partial charge < -0.3 is 20.1 Å². The van der Waals surface area contributed by atoms with E-state index in [0.29, 0.717) is 23.2 Å². The lowest BCUT2D eigenvalue weighted by molar-refractivity contribution is 0.174. The Balaban J connectivity index is 1.36. The molecule has 0 spiro atoms. The molecule has 3 rings (SSSR count). The highest BCUT2D eigenvalue weighted by molar-refractivity contribution is 7.98. The molecule has 2 aromatic rings. The number of thioether (sulfide) groups is 1. The smallest absolute Gasteiger partial charge is 0.231 e. The molecule has 2 N–H and O–H groups in total. The lowest BCUT2D eigenvalue weighted by atomic mass is 10.2. The molecule has 1 heterocycles. The Bertz CT molecular complexity index is 727. The fraction of sp³-hybridized carbons (Fsp3) is 0.235. The van der Waals surface area contributed by atoms with Crippen LogP contribution in [0.4, 0.5) is 10.1 Å². The summed E-state index contributed by atoms with van der Waals surface area (Å²) in [5.41, 5.74) is 1.57. The van der Waals surface area contributed by atoms with Crippen LogP contribution in [0.2, 0.25) is 0 Å². The summed E-state index contributed by atoms with van der Waals surface area (Å²) in [4.78, 5) is 0. The van der Waals surface area contributed by atoms with Crippen LogP contribution in [0.3, 0.4) is 0 Å². The van der Waals surface area contributed by atoms with Gasteiger partial charge in [0.2, 0.25) is 6.79 Å². The number of benzene rings is 2. The first kappa shape index (κ1) is 16.9. The van der Waals surface area contributed by atoms with Gasteiger partial charge in [-0.3, -0.25) is 0 Å². The number of hydrogen-bond acceptors (Lipinski definition) is 4. The average molecular weight is 364 g/mol. The van der Waals surface area contributed by atoms with Crippen molar-refractivity contribution in [2.75, 3.05) is 24.4 Å². The summed E-state index contributed by atoms with van der Waals surface area (Å²) in [6.45, 7) is 0.955. The summed E-state index contributed by atoms with van der Waals surface area (Å²) in [5.74, 6) is 2.78. The number of rotatable bonds is 6. The van der Waals surface area contributed by atoms with Gasteiger partial charge in [0.25, 0.3) is 0 Å². The van der Waals surface area contributed by atoms with E-state index in [1.807, 2.05) is 30.3 Å². The molecule has 126 valence electrons. The number of nitrogens with one attached hydrogen (secondary N) is 2. The molecule has 0 unspecified atom stereocenters. The van der Waals surface area contributed by atoms with E-state index >= 15 is 0 Å². The molecule has 2 aromatic carbocycles. The predicted molar refractivity (Wildman–Crippen MR) is 99.4 cm³/mol. The molecule has 4 nitrogen and oxygen atoms in total. The maximum Gasteiger partial charge on any atom is 0.231 e. The second kappa shape index (κ2) is 8.21. The first-order valence-corrected chi connectivity index (χ1v) is 9.04. The number of ether oxygens (including phenoxy) is 2. The second-order valence-electron chi connectivity index (χ2n) is 5.09. The molecule has 0 atom stereocenters. The van der Waals surface area contributed by atoms with Crippen LogP contribution in [0.15, 0.2) is 42.5 Å². The normalized spacial score (nSPS) is 12.0. The Labute approximate surface area is 149 Å². The van der Waals surface area contributed by atoms with Crippen molar-refractivity contribution in [1.29, 1.82) is 0 Å². The summed E-state index contributed by atoms with van der Waals surface area (Å²) < 4.78 is 24.1. The quantitative estimate of drug-likeness (QED) is 0.601. The van der Waals surface area contributed by atoms with Gasteiger partial charge in [0.15, 0.2) is 16.6 Å². The van der Waals surface area contributed by atoms with Crippen molar-refractivity contribution in [2.45, 2.75) is 5.75 Å². The molecule has 0 saturated heterocycles. The van der Waals surface area contributed by atoms with E-state index in [1.54, 1.807) is 17.8 Å². The summed E-state index contributed by atoms with van der Waals surface area (Å²) in [7, 11) is 0. The zero-order valence-corrected chi connectivity index (χ0v) is 14.5. The van der Waals surface area contributed by atoms with Gasteiger partial charge in [-0.25, -0.2) is 4.39 Å². The molecule has 24 heavy (non-hydrogen) atoms. The third kappa shape index (κ3) is 4.52. The molecule has 1 aliphatic rings. The Hall–Kier alpha value is -1.99. The minimum absolute atomic E-state index is 0.155. The predicted octanol–water partition coefficient (Wildman–Crippen LogP) is 3.77. The summed E-state index contributed by atoms with van der Waals surface area (Å²) >= 11 is 6.92. The van der Waals surface area contributed by atoms with Gasteiger partial charge in [0, 0.05) is 29.8 Å². The Morgan fingerprint density at radius 1 is 1.17 bits per heavy atom. The third-order valence-corrected chi connectivity index (χ3v) is 4.63. The third-order valence-electron chi connectivity index (χ3n) is 3.38. The largest absolute Gasteiger partial charge is 0.454 e. The van der Waals surface area contributed by atoms with Crippen LogP contribution in [-0.2, 0) is 5.75 Å². The van der Waals surface area contributed by atoms with Crippen molar-refractivity contribution in [2.24, 2.45) is 0 Å². The minimum atomic E-state index is -0.155. The van der Waals surface area contributed by atoms with Gasteiger partial charge in [-0.2, -0.15) is 11.8 Å². The summed E-state index contributed by atoms with van der Waals surface area (Å²) in [5, 5.41) is 6.78. The highest BCUT2D eigenvalue weighted by Crippen LogP contribution is 2.34. The zero-order chi connectivity index (χ0) is 16.8. The number of hydrogen-bond donors (Lipinski definition) is 2. The molecule has 0 fully saturated rings. The van der Waals surface area contributed by atoms with E-state index in [-0.39, 0.29) is 12.6 Å². The van der Waals surface area contributed by atoms with Crippen LogP contribution in [0.1, 0.15) is 5.56 Å². The lowest BCUT2D eigenvalue weighted by Gasteiger charge is -2.11. The molecule has 0 bridgehead atoms. The molecule has 0 radical (unpaired) electrons. The van der Waals surface area contributed by atoms with Crippen molar-refractivity contribution < 1.29 is 13.9 Å². The topological polar surface area (TPSA) is 42.5 Å². The Morgan fingerprint density at radius 2 is 2.00 bits per heavy atom. The fourth-order valence-corrected chi connectivity index (χ4v) is 3.25. The van der Waals surface area contributed by atoms with Gasteiger partial charge in [-0.1, -0.05) is 18.2 Å². The highest BCUT2D eigenvalue weighted by Gasteiger charge is 2.13. The van der Waals surface area contributed by atoms with Gasteiger partial charge in [-0.15, -0.1) is 0 Å². The molecule has 0 aliphatic carbocycles. The van der Waals surface area contributed by atoms with E-state index in [2.05, 4.69) is 10.6 Å². The van der Waals surface area contributed by atoms with Crippen LogP contribution in [0.25, 0.3) is 0 Å². The SMILES string of the molecule is Fc1ccccc1CSCCNC(=S)Nc1ccc2c(c1)OCO2. The first-order chi connectivity index (χ1) is 11.7. The van der Waals surface area contributed by atoms with Crippen molar-refractivity contribution in [3.8, 4) is 11.5 Å². The maximum atomic E-state index is 13.5. The standard InChI is InChI=1S/C17H17FN2O2S2/c18-14-4-2-1-3-12(14)10-24-8-7-19-17(23)20-13-5-6-15-16(9-13)22-11-21-15/h1-6,9H,7-8,10-11H2,(H2,19,20,23). The minimum Gasteiger partial charge on any atom is -0.454 e. The number of halogens is 1. The van der Waals surface area contributed by atoms with E-state index in [1.165, 1.54) is 6.07 Å². The maximum absolute atomic E-state index is 13.5. The van der Waals surface area contributed by atoms with Crippen LogP contribution < -0.4 is 20.1 Å². The monoisotopic (exact) mass is 364 g/mol. The van der Waals surface area contributed by atoms with Crippen LogP contribution in [-0.4, -0.2) is 24.2 Å². The number of thiocarbonyl (C=S) groups is 1. The van der Waals surface area contributed by atoms with Gasteiger partial charge in [0.1, 0.15) is 5.82 Å². The van der Waals surface area contributed by atoms with E-state index < -0.39 is 0 Å². The van der Waals surface area contributed by atoms with Gasteiger partial charge in [-0.05, 0) is 36.0 Å². The van der Waals surface area contributed by atoms with Crippen molar-refractivity contribution in [3.63, 3.8) is 0 Å². The van der Waals surface area contributed by atoms with E-state index in [4.69, 9.17) is 21.7 Å². The van der Waals surface area contributed by atoms with Crippen LogP contribution in [0.5, 0.6) is 11.5 Å². The van der Waals surface area contributed by atoms with E-state index in [0.717, 1.165) is 22.8 Å². The molecular weight excluding hydrogens is 347 g/mol. The summed E-state index contributed by atoms with van der Waals surface area (Å²) in [6.07, 6.45) is 0. The van der Waals surface area contributed by atoms with Gasteiger partial charge >= 0.3 is 0 Å². The molecule has 0 saturated carbocycles.